The number of ether oxygens (including phenoxy) is 1. The third kappa shape index (κ3) is 3.47. The van der Waals surface area contributed by atoms with Crippen molar-refractivity contribution in [2.45, 2.75) is 45.6 Å². The summed E-state index contributed by atoms with van der Waals surface area (Å²) < 4.78 is 5.70. The molecule has 0 spiro atoms. The van der Waals surface area contributed by atoms with Gasteiger partial charge in [0.1, 0.15) is 5.75 Å². The normalized spacial score (nSPS) is 15.0. The minimum Gasteiger partial charge on any atom is -0.481 e. The minimum atomic E-state index is -0.553. The molecule has 1 heterocycles. The summed E-state index contributed by atoms with van der Waals surface area (Å²) in [4.78, 5) is 18.1. The topological polar surface area (TPSA) is 51.2 Å². The van der Waals surface area contributed by atoms with E-state index in [2.05, 4.69) is 10.3 Å². The van der Waals surface area contributed by atoms with Gasteiger partial charge in [0, 0.05) is 4.88 Å². The maximum Gasteiger partial charge on any atom is 0.266 e. The van der Waals surface area contributed by atoms with Gasteiger partial charge >= 0.3 is 0 Å². The van der Waals surface area contributed by atoms with E-state index in [1.807, 2.05) is 31.2 Å². The predicted octanol–water partition coefficient (Wildman–Crippen LogP) is 3.74. The molecule has 1 N–H and O–H groups in total. The van der Waals surface area contributed by atoms with E-state index in [-0.39, 0.29) is 5.91 Å². The van der Waals surface area contributed by atoms with Crippen LogP contribution in [0.15, 0.2) is 24.3 Å². The molecule has 3 rings (SSSR count). The summed E-state index contributed by atoms with van der Waals surface area (Å²) in [7, 11) is 0. The third-order valence-electron chi connectivity index (χ3n) is 3.75. The van der Waals surface area contributed by atoms with Crippen LogP contribution in [0.25, 0.3) is 0 Å². The van der Waals surface area contributed by atoms with Crippen LogP contribution in [-0.4, -0.2) is 17.0 Å². The lowest BCUT2D eigenvalue weighted by Crippen LogP contribution is -2.30. The number of carbonyl (C=O) groups excluding carboxylic acids is 1. The molecule has 1 aromatic carbocycles. The van der Waals surface area contributed by atoms with Crippen molar-refractivity contribution >= 4 is 22.4 Å². The summed E-state index contributed by atoms with van der Waals surface area (Å²) >= 11 is 1.59. The second kappa shape index (κ2) is 6.48. The fraction of sp³-hybridized carbons (Fsp3) is 0.412. The number of nitrogens with zero attached hydrogens (tertiary/aromatic N) is 1. The Hall–Kier alpha value is -1.88. The maximum absolute atomic E-state index is 12.2. The smallest absolute Gasteiger partial charge is 0.266 e. The van der Waals surface area contributed by atoms with Crippen LogP contribution in [0.2, 0.25) is 0 Å². The van der Waals surface area contributed by atoms with Crippen LogP contribution in [0.3, 0.4) is 0 Å². The van der Waals surface area contributed by atoms with Gasteiger partial charge in [0.05, 0.1) is 5.69 Å². The van der Waals surface area contributed by atoms with Gasteiger partial charge in [-0.25, -0.2) is 4.98 Å². The van der Waals surface area contributed by atoms with Crippen LogP contribution in [0, 0.1) is 6.92 Å². The van der Waals surface area contributed by atoms with Crippen molar-refractivity contribution in [2.24, 2.45) is 0 Å². The van der Waals surface area contributed by atoms with Crippen molar-refractivity contribution < 1.29 is 9.53 Å². The van der Waals surface area contributed by atoms with Gasteiger partial charge in [-0.2, -0.15) is 0 Å². The summed E-state index contributed by atoms with van der Waals surface area (Å²) in [5.41, 5.74) is 2.26. The Morgan fingerprint density at radius 2 is 2.18 bits per heavy atom. The minimum absolute atomic E-state index is 0.160. The molecular weight excluding hydrogens is 296 g/mol. The number of aromatic nitrogens is 1. The molecule has 0 radical (unpaired) electrons. The Kier molecular flexibility index (Phi) is 4.43. The average molecular weight is 316 g/mol. The van der Waals surface area contributed by atoms with Crippen LogP contribution >= 0.6 is 11.3 Å². The molecule has 0 bridgehead atoms. The molecule has 22 heavy (non-hydrogen) atoms. The van der Waals surface area contributed by atoms with Gasteiger partial charge in [0.2, 0.25) is 0 Å². The first-order valence-electron chi connectivity index (χ1n) is 7.64. The Morgan fingerprint density at radius 3 is 2.95 bits per heavy atom. The molecule has 4 nitrogen and oxygen atoms in total. The first kappa shape index (κ1) is 15.0. The number of carbonyl (C=O) groups is 1. The highest BCUT2D eigenvalue weighted by molar-refractivity contribution is 7.15. The Morgan fingerprint density at radius 1 is 1.36 bits per heavy atom. The summed E-state index contributed by atoms with van der Waals surface area (Å²) in [5, 5.41) is 3.57. The van der Waals surface area contributed by atoms with Gasteiger partial charge in [0.15, 0.2) is 11.2 Å². The van der Waals surface area contributed by atoms with Crippen LogP contribution in [0.4, 0.5) is 5.13 Å². The summed E-state index contributed by atoms with van der Waals surface area (Å²) in [6.07, 6.45) is 3.96. The zero-order valence-electron chi connectivity index (χ0n) is 12.9. The highest BCUT2D eigenvalue weighted by Gasteiger charge is 2.19. The van der Waals surface area contributed by atoms with E-state index in [0.717, 1.165) is 24.1 Å². The van der Waals surface area contributed by atoms with Gasteiger partial charge < -0.3 is 4.74 Å². The van der Waals surface area contributed by atoms with Gasteiger partial charge in [-0.3, -0.25) is 10.1 Å². The molecule has 1 aliphatic carbocycles. The lowest BCUT2D eigenvalue weighted by Gasteiger charge is -2.14. The zero-order valence-corrected chi connectivity index (χ0v) is 13.7. The molecule has 0 fully saturated rings. The quantitative estimate of drug-likeness (QED) is 0.935. The van der Waals surface area contributed by atoms with Crippen LogP contribution in [-0.2, 0) is 17.6 Å². The number of rotatable bonds is 4. The molecule has 0 unspecified atom stereocenters. The number of aryl methyl sites for hydroxylation is 3. The van der Waals surface area contributed by atoms with Crippen molar-refractivity contribution in [1.82, 2.24) is 4.98 Å². The fourth-order valence-electron chi connectivity index (χ4n) is 2.56. The van der Waals surface area contributed by atoms with Crippen molar-refractivity contribution in [3.05, 3.63) is 40.4 Å². The maximum atomic E-state index is 12.2. The number of benzene rings is 1. The van der Waals surface area contributed by atoms with Crippen molar-refractivity contribution in [1.29, 1.82) is 0 Å². The third-order valence-corrected chi connectivity index (χ3v) is 4.82. The molecule has 1 aliphatic rings. The van der Waals surface area contributed by atoms with Crippen molar-refractivity contribution in [3.8, 4) is 5.75 Å². The van der Waals surface area contributed by atoms with Crippen LogP contribution in [0.1, 0.15) is 35.9 Å². The Balaban J connectivity index is 1.62. The number of amides is 1. The molecule has 0 saturated heterocycles. The molecule has 116 valence electrons. The van der Waals surface area contributed by atoms with Gasteiger partial charge in [0.25, 0.3) is 5.91 Å². The largest absolute Gasteiger partial charge is 0.481 e. The average Bonchev–Trinajstić information content (AvgIpc) is 2.89. The van der Waals surface area contributed by atoms with E-state index >= 15 is 0 Å². The van der Waals surface area contributed by atoms with E-state index in [9.17, 15) is 4.79 Å². The second-order valence-corrected chi connectivity index (χ2v) is 6.75. The molecule has 1 amide bonds. The van der Waals surface area contributed by atoms with E-state index < -0.39 is 6.10 Å². The first-order chi connectivity index (χ1) is 10.6. The lowest BCUT2D eigenvalue weighted by atomic mass is 10.0. The molecule has 1 aromatic heterocycles. The number of hydrogen-bond acceptors (Lipinski definition) is 4. The van der Waals surface area contributed by atoms with Crippen LogP contribution in [0.5, 0.6) is 5.75 Å². The Labute approximate surface area is 134 Å². The van der Waals surface area contributed by atoms with Crippen molar-refractivity contribution in [2.75, 3.05) is 5.32 Å². The standard InChI is InChI=1S/C17H20N2O2S/c1-11-6-5-7-13(10-11)21-12(2)16(20)19-17-18-14-8-3-4-9-15(14)22-17/h5-7,10,12H,3-4,8-9H2,1-2H3,(H,18,19,20)/t12-/m1/s1. The molecule has 5 heteroatoms. The molecule has 0 saturated carbocycles. The first-order valence-corrected chi connectivity index (χ1v) is 8.46. The predicted molar refractivity (Wildman–Crippen MR) is 88.7 cm³/mol. The summed E-state index contributed by atoms with van der Waals surface area (Å²) in [6, 6.07) is 7.70. The molecule has 0 aliphatic heterocycles. The van der Waals surface area contributed by atoms with E-state index in [1.165, 1.54) is 17.7 Å². The van der Waals surface area contributed by atoms with Gasteiger partial charge in [-0.15, -0.1) is 11.3 Å². The van der Waals surface area contributed by atoms with E-state index in [0.29, 0.717) is 10.9 Å². The highest BCUT2D eigenvalue weighted by Crippen LogP contribution is 2.29. The summed E-state index contributed by atoms with van der Waals surface area (Å²) in [5.74, 6) is 0.550. The monoisotopic (exact) mass is 316 g/mol. The SMILES string of the molecule is Cc1cccc(O[C@H](C)C(=O)Nc2nc3c(s2)CCCC3)c1. The summed E-state index contributed by atoms with van der Waals surface area (Å²) in [6.45, 7) is 3.75. The number of fused-ring (bicyclic) bond motifs is 1. The second-order valence-electron chi connectivity index (χ2n) is 5.66. The van der Waals surface area contributed by atoms with Gasteiger partial charge in [-0.1, -0.05) is 12.1 Å². The molecule has 1 atom stereocenters. The number of thiazole rings is 1. The number of hydrogen-bond donors (Lipinski definition) is 1. The Bertz CT molecular complexity index is 658. The van der Waals surface area contributed by atoms with E-state index in [1.54, 1.807) is 18.3 Å². The molecular formula is C17H20N2O2S. The van der Waals surface area contributed by atoms with Gasteiger partial charge in [-0.05, 0) is 57.2 Å². The highest BCUT2D eigenvalue weighted by atomic mass is 32.1. The van der Waals surface area contributed by atoms with Crippen molar-refractivity contribution in [3.63, 3.8) is 0 Å². The number of anilines is 1. The molecule has 2 aromatic rings. The number of nitrogens with one attached hydrogen (secondary N) is 1. The van der Waals surface area contributed by atoms with E-state index in [4.69, 9.17) is 4.74 Å². The lowest BCUT2D eigenvalue weighted by molar-refractivity contribution is -0.122. The zero-order chi connectivity index (χ0) is 15.5. The van der Waals surface area contributed by atoms with Crippen LogP contribution < -0.4 is 10.1 Å². The fourth-order valence-corrected chi connectivity index (χ4v) is 3.61.